The van der Waals surface area contributed by atoms with Crippen molar-refractivity contribution in [2.24, 2.45) is 0 Å². The van der Waals surface area contributed by atoms with E-state index >= 15 is 0 Å². The number of carbonyl (C=O) groups excluding carboxylic acids is 2. The number of ether oxygens (including phenoxy) is 1. The van der Waals surface area contributed by atoms with Crippen LogP contribution >= 0.6 is 0 Å². The Bertz CT molecular complexity index is 940. The Kier molecular flexibility index (Phi) is 5.93. The third-order valence-corrected chi connectivity index (χ3v) is 3.89. The molecule has 0 bridgehead atoms. The van der Waals surface area contributed by atoms with Gasteiger partial charge in [0, 0.05) is 24.5 Å². The molecule has 0 spiro atoms. The predicted molar refractivity (Wildman–Crippen MR) is 97.4 cm³/mol. The second-order valence-corrected chi connectivity index (χ2v) is 5.83. The number of aryl methyl sites for hydroxylation is 1. The first-order valence-corrected chi connectivity index (χ1v) is 8.49. The molecule has 27 heavy (non-hydrogen) atoms. The minimum absolute atomic E-state index is 0.0808. The molecule has 3 rings (SSSR count). The van der Waals surface area contributed by atoms with Crippen LogP contribution in [0.4, 0.5) is 0 Å². The minimum atomic E-state index is -0.323. The van der Waals surface area contributed by atoms with Crippen molar-refractivity contribution in [2.75, 3.05) is 20.2 Å². The number of methoxy groups -OCH3 is 1. The average molecular weight is 368 g/mol. The summed E-state index contributed by atoms with van der Waals surface area (Å²) in [7, 11) is 1.53. The normalized spacial score (nSPS) is 10.6. The highest BCUT2D eigenvalue weighted by molar-refractivity contribution is 5.96. The SMILES string of the molecule is COc1cccc(C(=O)NCC(=O)NCCCc2cnc3ncnn3c2)c1. The van der Waals surface area contributed by atoms with Crippen LogP contribution in [-0.4, -0.2) is 51.6 Å². The second-order valence-electron chi connectivity index (χ2n) is 5.83. The van der Waals surface area contributed by atoms with Crippen molar-refractivity contribution in [3.8, 4) is 5.75 Å². The molecule has 0 saturated carbocycles. The first-order chi connectivity index (χ1) is 13.2. The summed E-state index contributed by atoms with van der Waals surface area (Å²) in [4.78, 5) is 32.1. The number of hydrogen-bond donors (Lipinski definition) is 2. The molecule has 140 valence electrons. The van der Waals surface area contributed by atoms with Crippen molar-refractivity contribution in [3.05, 3.63) is 54.1 Å². The highest BCUT2D eigenvalue weighted by atomic mass is 16.5. The molecule has 0 aliphatic rings. The van der Waals surface area contributed by atoms with E-state index in [1.165, 1.54) is 13.4 Å². The quantitative estimate of drug-likeness (QED) is 0.564. The third-order valence-electron chi connectivity index (χ3n) is 3.89. The van der Waals surface area contributed by atoms with Gasteiger partial charge >= 0.3 is 0 Å². The smallest absolute Gasteiger partial charge is 0.252 e. The van der Waals surface area contributed by atoms with Crippen molar-refractivity contribution >= 4 is 17.6 Å². The van der Waals surface area contributed by atoms with Gasteiger partial charge in [-0.1, -0.05) is 6.07 Å². The number of nitrogens with one attached hydrogen (secondary N) is 2. The molecule has 9 heteroatoms. The van der Waals surface area contributed by atoms with Crippen LogP contribution in [0.5, 0.6) is 5.75 Å². The lowest BCUT2D eigenvalue weighted by molar-refractivity contribution is -0.120. The molecule has 3 aromatic rings. The fourth-order valence-electron chi connectivity index (χ4n) is 2.50. The zero-order valence-electron chi connectivity index (χ0n) is 14.9. The highest BCUT2D eigenvalue weighted by Gasteiger charge is 2.08. The molecule has 2 aromatic heterocycles. The van der Waals surface area contributed by atoms with E-state index in [2.05, 4.69) is 25.7 Å². The van der Waals surface area contributed by atoms with E-state index in [0.29, 0.717) is 23.6 Å². The maximum Gasteiger partial charge on any atom is 0.252 e. The van der Waals surface area contributed by atoms with Gasteiger partial charge in [0.15, 0.2) is 0 Å². The number of carbonyl (C=O) groups is 2. The maximum atomic E-state index is 12.1. The van der Waals surface area contributed by atoms with Gasteiger partial charge in [0.2, 0.25) is 5.91 Å². The van der Waals surface area contributed by atoms with E-state index in [9.17, 15) is 9.59 Å². The third kappa shape index (κ3) is 5.00. The van der Waals surface area contributed by atoms with Crippen LogP contribution in [0.3, 0.4) is 0 Å². The van der Waals surface area contributed by atoms with Crippen molar-refractivity contribution in [1.82, 2.24) is 30.2 Å². The molecule has 0 aliphatic carbocycles. The van der Waals surface area contributed by atoms with Crippen molar-refractivity contribution in [1.29, 1.82) is 0 Å². The minimum Gasteiger partial charge on any atom is -0.497 e. The average Bonchev–Trinajstić information content (AvgIpc) is 3.17. The summed E-state index contributed by atoms with van der Waals surface area (Å²) in [5.74, 6) is 0.580. The lowest BCUT2D eigenvalue weighted by atomic mass is 10.2. The molecule has 0 saturated heterocycles. The standard InChI is InChI=1S/C18H20N6O3/c1-27-15-6-2-5-14(8-15)17(26)20-10-16(25)19-7-3-4-13-9-21-18-22-12-23-24(18)11-13/h2,5-6,8-9,11-12H,3-4,7,10H2,1H3,(H,19,25)(H,20,26). The van der Waals surface area contributed by atoms with Crippen molar-refractivity contribution in [3.63, 3.8) is 0 Å². The van der Waals surface area contributed by atoms with E-state index in [0.717, 1.165) is 18.4 Å². The predicted octanol–water partition coefficient (Wildman–Crippen LogP) is 0.612. The van der Waals surface area contributed by atoms with Gasteiger partial charge in [-0.05, 0) is 36.6 Å². The van der Waals surface area contributed by atoms with Gasteiger partial charge in [0.05, 0.1) is 13.7 Å². The Morgan fingerprint density at radius 1 is 1.22 bits per heavy atom. The van der Waals surface area contributed by atoms with Crippen molar-refractivity contribution < 1.29 is 14.3 Å². The largest absolute Gasteiger partial charge is 0.497 e. The highest BCUT2D eigenvalue weighted by Crippen LogP contribution is 2.12. The van der Waals surface area contributed by atoms with Crippen LogP contribution in [0.25, 0.3) is 5.78 Å². The van der Waals surface area contributed by atoms with Gasteiger partial charge in [0.25, 0.3) is 11.7 Å². The second kappa shape index (κ2) is 8.75. The summed E-state index contributed by atoms with van der Waals surface area (Å²) in [6.45, 7) is 0.422. The molecule has 1 aromatic carbocycles. The first-order valence-electron chi connectivity index (χ1n) is 8.49. The summed E-state index contributed by atoms with van der Waals surface area (Å²) >= 11 is 0. The zero-order chi connectivity index (χ0) is 19.1. The summed E-state index contributed by atoms with van der Waals surface area (Å²) in [6.07, 6.45) is 6.56. The number of amides is 2. The van der Waals surface area contributed by atoms with Crippen molar-refractivity contribution in [2.45, 2.75) is 12.8 Å². The summed E-state index contributed by atoms with van der Waals surface area (Å²) in [5.41, 5.74) is 1.45. The number of hydrogen-bond acceptors (Lipinski definition) is 6. The number of benzene rings is 1. The molecule has 0 atom stereocenters. The molecule has 2 heterocycles. The number of aromatic nitrogens is 4. The van der Waals surface area contributed by atoms with Gasteiger partial charge in [-0.2, -0.15) is 10.1 Å². The van der Waals surface area contributed by atoms with Crippen LogP contribution < -0.4 is 15.4 Å². The Balaban J connectivity index is 1.37. The summed E-state index contributed by atoms with van der Waals surface area (Å²) < 4.78 is 6.69. The number of fused-ring (bicyclic) bond motifs is 1. The molecule has 9 nitrogen and oxygen atoms in total. The lowest BCUT2D eigenvalue weighted by Gasteiger charge is -2.08. The van der Waals surface area contributed by atoms with E-state index in [4.69, 9.17) is 4.74 Å². The topological polar surface area (TPSA) is 111 Å². The fraction of sp³-hybridized carbons (Fsp3) is 0.278. The van der Waals surface area contributed by atoms with Gasteiger partial charge in [-0.25, -0.2) is 9.50 Å². The molecule has 0 aliphatic heterocycles. The van der Waals surface area contributed by atoms with Crippen LogP contribution in [0, 0.1) is 0 Å². The molecule has 0 fully saturated rings. The summed E-state index contributed by atoms with van der Waals surface area (Å²) in [6, 6.07) is 6.75. The van der Waals surface area contributed by atoms with Crippen LogP contribution in [-0.2, 0) is 11.2 Å². The Labute approximate surface area is 155 Å². The van der Waals surface area contributed by atoms with E-state index < -0.39 is 0 Å². The molecule has 0 unspecified atom stereocenters. The Morgan fingerprint density at radius 2 is 2.11 bits per heavy atom. The van der Waals surface area contributed by atoms with Gasteiger partial charge in [0.1, 0.15) is 12.1 Å². The molecular weight excluding hydrogens is 348 g/mol. The molecule has 0 radical (unpaired) electrons. The Morgan fingerprint density at radius 3 is 2.96 bits per heavy atom. The number of rotatable bonds is 8. The lowest BCUT2D eigenvalue weighted by Crippen LogP contribution is -2.37. The molecular formula is C18H20N6O3. The Hall–Kier alpha value is -3.49. The van der Waals surface area contributed by atoms with E-state index in [-0.39, 0.29) is 18.4 Å². The molecule has 2 amide bonds. The zero-order valence-corrected chi connectivity index (χ0v) is 14.9. The maximum absolute atomic E-state index is 12.1. The first kappa shape index (κ1) is 18.3. The monoisotopic (exact) mass is 368 g/mol. The van der Waals surface area contributed by atoms with Gasteiger partial charge < -0.3 is 15.4 Å². The fourth-order valence-corrected chi connectivity index (χ4v) is 2.50. The molecule has 2 N–H and O–H groups in total. The van der Waals surface area contributed by atoms with E-state index in [1.807, 2.05) is 6.20 Å². The van der Waals surface area contributed by atoms with Crippen LogP contribution in [0.15, 0.2) is 43.0 Å². The van der Waals surface area contributed by atoms with Crippen LogP contribution in [0.1, 0.15) is 22.3 Å². The number of nitrogens with zero attached hydrogens (tertiary/aromatic N) is 4. The summed E-state index contributed by atoms with van der Waals surface area (Å²) in [5, 5.41) is 9.41. The van der Waals surface area contributed by atoms with Gasteiger partial charge in [-0.15, -0.1) is 0 Å². The van der Waals surface area contributed by atoms with Crippen LogP contribution in [0.2, 0.25) is 0 Å². The van der Waals surface area contributed by atoms with Gasteiger partial charge in [-0.3, -0.25) is 9.59 Å². The van der Waals surface area contributed by atoms with E-state index in [1.54, 1.807) is 35.0 Å².